The molecule has 4 heteroatoms. The Bertz CT molecular complexity index is 516. The second kappa shape index (κ2) is 4.13. The minimum absolute atomic E-state index is 0.279. The highest BCUT2D eigenvalue weighted by Gasteiger charge is 2.39. The van der Waals surface area contributed by atoms with Crippen molar-refractivity contribution in [2.75, 3.05) is 7.11 Å². The molecule has 2 rings (SSSR count). The van der Waals surface area contributed by atoms with Crippen molar-refractivity contribution >= 4 is 17.5 Å². The van der Waals surface area contributed by atoms with E-state index in [9.17, 15) is 14.4 Å². The number of carbonyl (C=O) groups is 3. The molecular weight excluding hydrogens is 220 g/mol. The molecule has 1 aliphatic rings. The molecule has 88 valence electrons. The van der Waals surface area contributed by atoms with Crippen LogP contribution in [0.3, 0.4) is 0 Å². The quantitative estimate of drug-likeness (QED) is 0.435. The van der Waals surface area contributed by atoms with Crippen molar-refractivity contribution in [3.63, 3.8) is 0 Å². The van der Waals surface area contributed by atoms with E-state index in [1.165, 1.54) is 0 Å². The third-order valence-corrected chi connectivity index (χ3v) is 2.97. The number of fused-ring (bicyclic) bond motifs is 1. The molecule has 1 aliphatic carbocycles. The van der Waals surface area contributed by atoms with E-state index in [1.807, 2.05) is 19.1 Å². The molecule has 0 amide bonds. The van der Waals surface area contributed by atoms with Gasteiger partial charge in [-0.15, -0.1) is 0 Å². The monoisotopic (exact) mass is 232 g/mol. The molecule has 4 nitrogen and oxygen atoms in total. The Kier molecular flexibility index (Phi) is 2.79. The Morgan fingerprint density at radius 3 is 2.71 bits per heavy atom. The number of esters is 1. The van der Waals surface area contributed by atoms with Crippen molar-refractivity contribution in [2.24, 2.45) is 5.92 Å². The van der Waals surface area contributed by atoms with E-state index in [-0.39, 0.29) is 5.78 Å². The molecule has 0 saturated heterocycles. The number of rotatable bonds is 2. The number of hydrogen-bond donors (Lipinski definition) is 0. The van der Waals surface area contributed by atoms with Gasteiger partial charge in [0, 0.05) is 5.56 Å². The molecule has 0 radical (unpaired) electrons. The normalized spacial score (nSPS) is 17.8. The van der Waals surface area contributed by atoms with Crippen LogP contribution in [-0.4, -0.2) is 24.6 Å². The Morgan fingerprint density at radius 1 is 1.35 bits per heavy atom. The molecule has 0 bridgehead atoms. The van der Waals surface area contributed by atoms with Crippen molar-refractivity contribution in [3.05, 3.63) is 34.9 Å². The molecule has 0 N–H and O–H groups in total. The summed E-state index contributed by atoms with van der Waals surface area (Å²) in [5.41, 5.74) is 2.33. The molecule has 0 aliphatic heterocycles. The van der Waals surface area contributed by atoms with Gasteiger partial charge in [0.2, 0.25) is 0 Å². The van der Waals surface area contributed by atoms with E-state index in [0.717, 1.165) is 18.2 Å². The van der Waals surface area contributed by atoms with Crippen LogP contribution in [0.25, 0.3) is 0 Å². The Labute approximate surface area is 98.6 Å². The molecule has 0 aromatic heterocycles. The van der Waals surface area contributed by atoms with Gasteiger partial charge < -0.3 is 4.74 Å². The molecular formula is C13H12O4. The number of carbonyl (C=O) groups excluding carboxylic acids is 3. The van der Waals surface area contributed by atoms with Gasteiger partial charge >= 0.3 is 5.97 Å². The molecule has 1 unspecified atom stereocenters. The fourth-order valence-electron chi connectivity index (χ4n) is 2.05. The van der Waals surface area contributed by atoms with Gasteiger partial charge in [-0.3, -0.25) is 9.59 Å². The third kappa shape index (κ3) is 1.86. The maximum atomic E-state index is 12.0. The smallest absolute Gasteiger partial charge is 0.375 e. The fraction of sp³-hybridized carbons (Fsp3) is 0.308. The van der Waals surface area contributed by atoms with Gasteiger partial charge in [-0.05, 0) is 25.0 Å². The van der Waals surface area contributed by atoms with Crippen LogP contribution in [0.5, 0.6) is 0 Å². The molecule has 1 aromatic rings. The lowest BCUT2D eigenvalue weighted by Gasteiger charge is -2.03. The number of ether oxygens (including phenoxy) is 1. The molecule has 1 aromatic carbocycles. The zero-order valence-corrected chi connectivity index (χ0v) is 9.65. The second-order valence-corrected chi connectivity index (χ2v) is 4.14. The van der Waals surface area contributed by atoms with E-state index >= 15 is 0 Å². The molecule has 17 heavy (non-hydrogen) atoms. The fourth-order valence-corrected chi connectivity index (χ4v) is 2.05. The first-order chi connectivity index (χ1) is 8.04. The predicted molar refractivity (Wildman–Crippen MR) is 59.7 cm³/mol. The molecule has 1 atom stereocenters. The highest BCUT2D eigenvalue weighted by molar-refractivity contribution is 6.40. The van der Waals surface area contributed by atoms with E-state index in [1.54, 1.807) is 6.07 Å². The maximum absolute atomic E-state index is 12.0. The van der Waals surface area contributed by atoms with Crippen molar-refractivity contribution in [2.45, 2.75) is 13.3 Å². The molecule has 0 spiro atoms. The number of ketones is 2. The van der Waals surface area contributed by atoms with Gasteiger partial charge in [0.15, 0.2) is 5.78 Å². The van der Waals surface area contributed by atoms with E-state index in [2.05, 4.69) is 4.74 Å². The van der Waals surface area contributed by atoms with E-state index in [4.69, 9.17) is 0 Å². The van der Waals surface area contributed by atoms with Crippen LogP contribution in [0.1, 0.15) is 21.5 Å². The zero-order chi connectivity index (χ0) is 12.6. The summed E-state index contributed by atoms with van der Waals surface area (Å²) < 4.78 is 4.35. The van der Waals surface area contributed by atoms with Crippen LogP contribution in [-0.2, 0) is 20.7 Å². The predicted octanol–water partition coefficient (Wildman–Crippen LogP) is 1.09. The van der Waals surface area contributed by atoms with Gasteiger partial charge in [-0.25, -0.2) is 4.79 Å². The van der Waals surface area contributed by atoms with Gasteiger partial charge in [0.1, 0.15) is 0 Å². The third-order valence-electron chi connectivity index (χ3n) is 2.97. The average molecular weight is 232 g/mol. The van der Waals surface area contributed by atoms with Crippen LogP contribution < -0.4 is 0 Å². The summed E-state index contributed by atoms with van der Waals surface area (Å²) in [6.07, 6.45) is 0.294. The van der Waals surface area contributed by atoms with Crippen LogP contribution in [0.15, 0.2) is 18.2 Å². The Morgan fingerprint density at radius 2 is 2.06 bits per heavy atom. The molecule has 0 fully saturated rings. The zero-order valence-electron chi connectivity index (χ0n) is 9.65. The lowest BCUT2D eigenvalue weighted by molar-refractivity contribution is -0.152. The van der Waals surface area contributed by atoms with Crippen molar-refractivity contribution in [1.29, 1.82) is 0 Å². The number of benzene rings is 1. The standard InChI is InChI=1S/C13H12O4/c1-7-3-4-8-6-10(11(14)9(8)5-7)12(15)13(16)17-2/h3-5,10H,6H2,1-2H3. The van der Waals surface area contributed by atoms with Crippen molar-refractivity contribution in [1.82, 2.24) is 0 Å². The average Bonchev–Trinajstić information content (AvgIpc) is 2.65. The highest BCUT2D eigenvalue weighted by atomic mass is 16.5. The summed E-state index contributed by atoms with van der Waals surface area (Å²) in [4.78, 5) is 34.8. The molecule has 0 saturated carbocycles. The SMILES string of the molecule is COC(=O)C(=O)C1Cc2ccc(C)cc2C1=O. The number of methoxy groups -OCH3 is 1. The highest BCUT2D eigenvalue weighted by Crippen LogP contribution is 2.28. The first-order valence-electron chi connectivity index (χ1n) is 5.30. The minimum Gasteiger partial charge on any atom is -0.463 e. The van der Waals surface area contributed by atoms with E-state index < -0.39 is 17.7 Å². The van der Waals surface area contributed by atoms with Crippen molar-refractivity contribution < 1.29 is 19.1 Å². The van der Waals surface area contributed by atoms with Gasteiger partial charge in [0.25, 0.3) is 5.78 Å². The maximum Gasteiger partial charge on any atom is 0.375 e. The topological polar surface area (TPSA) is 60.4 Å². The number of aryl methyl sites for hydroxylation is 1. The molecule has 0 heterocycles. The summed E-state index contributed by atoms with van der Waals surface area (Å²) in [6.45, 7) is 1.88. The summed E-state index contributed by atoms with van der Waals surface area (Å²) in [5.74, 6) is -2.89. The summed E-state index contributed by atoms with van der Waals surface area (Å²) in [5, 5.41) is 0. The Balaban J connectivity index is 2.32. The minimum atomic E-state index is -0.951. The summed E-state index contributed by atoms with van der Waals surface area (Å²) in [7, 11) is 1.14. The number of Topliss-reactive ketones (excluding diaryl/α,β-unsaturated/α-hetero) is 2. The Hall–Kier alpha value is -1.97. The van der Waals surface area contributed by atoms with E-state index in [0.29, 0.717) is 12.0 Å². The van der Waals surface area contributed by atoms with Crippen LogP contribution in [0.2, 0.25) is 0 Å². The van der Waals surface area contributed by atoms with Crippen LogP contribution in [0.4, 0.5) is 0 Å². The van der Waals surface area contributed by atoms with Gasteiger partial charge in [0.05, 0.1) is 13.0 Å². The first kappa shape index (κ1) is 11.5. The van der Waals surface area contributed by atoms with Crippen LogP contribution in [0, 0.1) is 12.8 Å². The summed E-state index contributed by atoms with van der Waals surface area (Å²) in [6, 6.07) is 5.46. The van der Waals surface area contributed by atoms with Crippen molar-refractivity contribution in [3.8, 4) is 0 Å². The number of hydrogen-bond acceptors (Lipinski definition) is 4. The van der Waals surface area contributed by atoms with Crippen LogP contribution >= 0.6 is 0 Å². The van der Waals surface area contributed by atoms with Gasteiger partial charge in [-0.2, -0.15) is 0 Å². The summed E-state index contributed by atoms with van der Waals surface area (Å²) >= 11 is 0. The van der Waals surface area contributed by atoms with Gasteiger partial charge in [-0.1, -0.05) is 17.7 Å². The largest absolute Gasteiger partial charge is 0.463 e. The lowest BCUT2D eigenvalue weighted by atomic mass is 10.00. The second-order valence-electron chi connectivity index (χ2n) is 4.14. The first-order valence-corrected chi connectivity index (χ1v) is 5.30. The lowest BCUT2D eigenvalue weighted by Crippen LogP contribution is -2.29.